The lowest BCUT2D eigenvalue weighted by molar-refractivity contribution is -0.123. The van der Waals surface area contributed by atoms with Gasteiger partial charge in [0.15, 0.2) is 0 Å². The summed E-state index contributed by atoms with van der Waals surface area (Å²) >= 11 is 0. The molecule has 2 heterocycles. The van der Waals surface area contributed by atoms with Gasteiger partial charge in [0.2, 0.25) is 11.9 Å². The Morgan fingerprint density at radius 3 is 2.68 bits per heavy atom. The molecule has 116 valence electrons. The molecule has 0 spiro atoms. The van der Waals surface area contributed by atoms with Crippen molar-refractivity contribution in [3.05, 3.63) is 30.3 Å². The molecular formula is C16H20N4O2. The summed E-state index contributed by atoms with van der Waals surface area (Å²) in [5.41, 5.74) is 0.728. The summed E-state index contributed by atoms with van der Waals surface area (Å²) in [6, 6.07) is 8.59. The Kier molecular flexibility index (Phi) is 4.37. The number of hydrogen-bond acceptors (Lipinski definition) is 4. The van der Waals surface area contributed by atoms with Crippen LogP contribution in [0.4, 0.5) is 5.69 Å². The Bertz CT molecular complexity index is 579. The SMILES string of the molecule is O=C(C[C@H]1N=C(N2CCCCC2)NC1=O)Nc1ccccc1. The van der Waals surface area contributed by atoms with E-state index in [2.05, 4.69) is 20.5 Å². The third-order valence-electron chi connectivity index (χ3n) is 3.91. The zero-order chi connectivity index (χ0) is 15.4. The van der Waals surface area contributed by atoms with Crippen molar-refractivity contribution in [2.75, 3.05) is 18.4 Å². The topological polar surface area (TPSA) is 73.8 Å². The normalized spacial score (nSPS) is 21.3. The molecule has 22 heavy (non-hydrogen) atoms. The molecule has 0 unspecified atom stereocenters. The summed E-state index contributed by atoms with van der Waals surface area (Å²) < 4.78 is 0. The van der Waals surface area contributed by atoms with Gasteiger partial charge in [0.05, 0.1) is 6.42 Å². The van der Waals surface area contributed by atoms with Gasteiger partial charge in [-0.15, -0.1) is 0 Å². The number of carbonyl (C=O) groups excluding carboxylic acids is 2. The van der Waals surface area contributed by atoms with Crippen LogP contribution in [-0.4, -0.2) is 41.8 Å². The summed E-state index contributed by atoms with van der Waals surface area (Å²) in [4.78, 5) is 30.5. The second-order valence-electron chi connectivity index (χ2n) is 5.62. The summed E-state index contributed by atoms with van der Waals surface area (Å²) in [6.07, 6.45) is 3.53. The largest absolute Gasteiger partial charge is 0.343 e. The van der Waals surface area contributed by atoms with Crippen molar-refractivity contribution in [1.82, 2.24) is 10.2 Å². The number of carbonyl (C=O) groups is 2. The molecule has 0 saturated carbocycles. The van der Waals surface area contributed by atoms with Crippen LogP contribution in [0.25, 0.3) is 0 Å². The van der Waals surface area contributed by atoms with E-state index in [1.165, 1.54) is 6.42 Å². The van der Waals surface area contributed by atoms with E-state index < -0.39 is 6.04 Å². The van der Waals surface area contributed by atoms with Crippen LogP contribution in [0.1, 0.15) is 25.7 Å². The van der Waals surface area contributed by atoms with Crippen LogP contribution in [0, 0.1) is 0 Å². The number of piperidine rings is 1. The number of hydrogen-bond donors (Lipinski definition) is 2. The summed E-state index contributed by atoms with van der Waals surface area (Å²) in [7, 11) is 0. The smallest absolute Gasteiger partial charge is 0.252 e. The van der Waals surface area contributed by atoms with Crippen LogP contribution in [0.3, 0.4) is 0 Å². The lowest BCUT2D eigenvalue weighted by atomic mass is 10.1. The highest BCUT2D eigenvalue weighted by Crippen LogP contribution is 2.14. The highest BCUT2D eigenvalue weighted by molar-refractivity contribution is 6.07. The van der Waals surface area contributed by atoms with E-state index in [1.807, 2.05) is 30.3 Å². The average molecular weight is 300 g/mol. The monoisotopic (exact) mass is 300 g/mol. The number of nitrogens with zero attached hydrogens (tertiary/aromatic N) is 2. The molecule has 1 aromatic carbocycles. The molecule has 2 aliphatic heterocycles. The maximum Gasteiger partial charge on any atom is 0.252 e. The first-order chi connectivity index (χ1) is 10.7. The quantitative estimate of drug-likeness (QED) is 0.885. The van der Waals surface area contributed by atoms with E-state index in [0.29, 0.717) is 5.96 Å². The van der Waals surface area contributed by atoms with Crippen LogP contribution in [0.2, 0.25) is 0 Å². The fourth-order valence-electron chi connectivity index (χ4n) is 2.75. The van der Waals surface area contributed by atoms with Gasteiger partial charge in [-0.05, 0) is 31.4 Å². The first kappa shape index (κ1) is 14.6. The van der Waals surface area contributed by atoms with Crippen molar-refractivity contribution in [2.45, 2.75) is 31.7 Å². The van der Waals surface area contributed by atoms with Crippen molar-refractivity contribution >= 4 is 23.5 Å². The lowest BCUT2D eigenvalue weighted by Gasteiger charge is -2.27. The van der Waals surface area contributed by atoms with Crippen LogP contribution >= 0.6 is 0 Å². The molecule has 1 saturated heterocycles. The predicted molar refractivity (Wildman–Crippen MR) is 84.5 cm³/mol. The molecule has 0 aliphatic carbocycles. The number of nitrogens with one attached hydrogen (secondary N) is 2. The minimum absolute atomic E-state index is 0.0675. The average Bonchev–Trinajstić information content (AvgIpc) is 2.90. The molecule has 0 bridgehead atoms. The number of para-hydroxylation sites is 1. The van der Waals surface area contributed by atoms with Crippen LogP contribution in [0.5, 0.6) is 0 Å². The van der Waals surface area contributed by atoms with Crippen LogP contribution in [0.15, 0.2) is 35.3 Å². The van der Waals surface area contributed by atoms with Crippen molar-refractivity contribution in [2.24, 2.45) is 4.99 Å². The molecule has 6 nitrogen and oxygen atoms in total. The summed E-state index contributed by atoms with van der Waals surface area (Å²) in [6.45, 7) is 1.84. The molecule has 2 amide bonds. The molecule has 1 atom stereocenters. The maximum absolute atomic E-state index is 12.0. The lowest BCUT2D eigenvalue weighted by Crippen LogP contribution is -2.43. The Morgan fingerprint density at radius 1 is 1.23 bits per heavy atom. The molecule has 0 radical (unpaired) electrons. The predicted octanol–water partition coefficient (Wildman–Crippen LogP) is 1.36. The fourth-order valence-corrected chi connectivity index (χ4v) is 2.75. The van der Waals surface area contributed by atoms with E-state index >= 15 is 0 Å². The Morgan fingerprint density at radius 2 is 1.95 bits per heavy atom. The molecule has 6 heteroatoms. The number of benzene rings is 1. The van der Waals surface area contributed by atoms with E-state index in [9.17, 15) is 9.59 Å². The van der Waals surface area contributed by atoms with E-state index in [-0.39, 0.29) is 18.2 Å². The van der Waals surface area contributed by atoms with Crippen molar-refractivity contribution < 1.29 is 9.59 Å². The van der Waals surface area contributed by atoms with E-state index in [0.717, 1.165) is 31.6 Å². The van der Waals surface area contributed by atoms with E-state index in [1.54, 1.807) is 0 Å². The maximum atomic E-state index is 12.0. The minimum Gasteiger partial charge on any atom is -0.343 e. The zero-order valence-electron chi connectivity index (χ0n) is 12.4. The minimum atomic E-state index is -0.624. The number of anilines is 1. The molecule has 0 aromatic heterocycles. The highest BCUT2D eigenvalue weighted by Gasteiger charge is 2.31. The van der Waals surface area contributed by atoms with Crippen molar-refractivity contribution in [3.8, 4) is 0 Å². The van der Waals surface area contributed by atoms with Gasteiger partial charge in [-0.25, -0.2) is 4.99 Å². The van der Waals surface area contributed by atoms with Gasteiger partial charge in [-0.1, -0.05) is 18.2 Å². The molecule has 3 rings (SSSR count). The van der Waals surface area contributed by atoms with E-state index in [4.69, 9.17) is 0 Å². The third kappa shape index (κ3) is 3.44. The summed E-state index contributed by atoms with van der Waals surface area (Å²) in [5.74, 6) is 0.237. The third-order valence-corrected chi connectivity index (χ3v) is 3.91. The van der Waals surface area contributed by atoms with Gasteiger partial charge >= 0.3 is 0 Å². The second kappa shape index (κ2) is 6.60. The van der Waals surface area contributed by atoms with Gasteiger partial charge in [0, 0.05) is 18.8 Å². The number of rotatable bonds is 3. The van der Waals surface area contributed by atoms with Crippen LogP contribution in [-0.2, 0) is 9.59 Å². The summed E-state index contributed by atoms with van der Waals surface area (Å²) in [5, 5.41) is 5.58. The molecule has 1 fully saturated rings. The van der Waals surface area contributed by atoms with Gasteiger partial charge in [-0.2, -0.15) is 0 Å². The zero-order valence-corrected chi connectivity index (χ0v) is 12.4. The number of guanidine groups is 1. The molecule has 1 aromatic rings. The standard InChI is InChI=1S/C16H20N4O2/c21-14(17-12-7-3-1-4-8-12)11-13-15(22)19-16(18-13)20-9-5-2-6-10-20/h1,3-4,7-8,13H,2,5-6,9-11H2,(H,17,21)(H,18,19,22)/t13-/m1/s1. The Labute approximate surface area is 129 Å². The first-order valence-corrected chi connectivity index (χ1v) is 7.71. The first-order valence-electron chi connectivity index (χ1n) is 7.71. The fraction of sp³-hybridized carbons (Fsp3) is 0.438. The highest BCUT2D eigenvalue weighted by atomic mass is 16.2. The number of aliphatic imine (C=N–C) groups is 1. The number of likely N-dealkylation sites (tertiary alicyclic amines) is 1. The van der Waals surface area contributed by atoms with Gasteiger partial charge < -0.3 is 10.2 Å². The Balaban J connectivity index is 1.58. The van der Waals surface area contributed by atoms with Gasteiger partial charge in [-0.3, -0.25) is 14.9 Å². The van der Waals surface area contributed by atoms with Crippen molar-refractivity contribution in [1.29, 1.82) is 0 Å². The second-order valence-corrected chi connectivity index (χ2v) is 5.62. The molecule has 2 N–H and O–H groups in total. The number of amides is 2. The molecular weight excluding hydrogens is 280 g/mol. The van der Waals surface area contributed by atoms with Gasteiger partial charge in [0.25, 0.3) is 5.91 Å². The Hall–Kier alpha value is -2.37. The van der Waals surface area contributed by atoms with Crippen LogP contribution < -0.4 is 10.6 Å². The van der Waals surface area contributed by atoms with Gasteiger partial charge in [0.1, 0.15) is 6.04 Å². The van der Waals surface area contributed by atoms with Crippen molar-refractivity contribution in [3.63, 3.8) is 0 Å². The molecule has 2 aliphatic rings.